The van der Waals surface area contributed by atoms with Crippen LogP contribution in [0.5, 0.6) is 0 Å². The van der Waals surface area contributed by atoms with E-state index in [0.717, 1.165) is 29.8 Å². The number of nitrogens with zero attached hydrogens (tertiary/aromatic N) is 3. The number of aromatic nitrogens is 1. The monoisotopic (exact) mass is 301 g/mol. The van der Waals surface area contributed by atoms with E-state index in [1.165, 1.54) is 4.70 Å². The number of rotatable bonds is 7. The fraction of sp³-hybridized carbons (Fsp3) is 0.438. The van der Waals surface area contributed by atoms with E-state index < -0.39 is 0 Å². The molecule has 0 aliphatic rings. The first-order valence-electron chi connectivity index (χ1n) is 7.16. The zero-order chi connectivity index (χ0) is 15.1. The summed E-state index contributed by atoms with van der Waals surface area (Å²) >= 11 is 1.73. The minimum Gasteiger partial charge on any atom is -0.345 e. The summed E-state index contributed by atoms with van der Waals surface area (Å²) in [6.45, 7) is 0.521. The number of hydrogen-bond donors (Lipinski definition) is 0. The van der Waals surface area contributed by atoms with Crippen molar-refractivity contribution < 1.29 is 4.79 Å². The van der Waals surface area contributed by atoms with Crippen molar-refractivity contribution in [1.82, 2.24) is 9.88 Å². The van der Waals surface area contributed by atoms with Crippen molar-refractivity contribution in [3.8, 4) is 6.07 Å². The van der Waals surface area contributed by atoms with Crippen LogP contribution in [-0.4, -0.2) is 29.4 Å². The molecule has 0 fully saturated rings. The Morgan fingerprint density at radius 1 is 1.38 bits per heavy atom. The molecule has 0 spiro atoms. The highest BCUT2D eigenvalue weighted by Gasteiger charge is 2.08. The van der Waals surface area contributed by atoms with E-state index in [1.807, 2.05) is 18.2 Å². The van der Waals surface area contributed by atoms with Crippen LogP contribution in [0.4, 0.5) is 0 Å². The van der Waals surface area contributed by atoms with Crippen molar-refractivity contribution in [2.75, 3.05) is 13.6 Å². The smallest absolute Gasteiger partial charge is 0.222 e. The van der Waals surface area contributed by atoms with Crippen LogP contribution in [0.1, 0.15) is 30.7 Å². The third-order valence-electron chi connectivity index (χ3n) is 3.35. The van der Waals surface area contributed by atoms with Gasteiger partial charge in [0.2, 0.25) is 5.91 Å². The van der Waals surface area contributed by atoms with Gasteiger partial charge in [0, 0.05) is 20.0 Å². The van der Waals surface area contributed by atoms with Gasteiger partial charge in [0.05, 0.1) is 27.7 Å². The van der Waals surface area contributed by atoms with Crippen molar-refractivity contribution in [3.63, 3.8) is 0 Å². The lowest BCUT2D eigenvalue weighted by Crippen LogP contribution is -2.27. The molecule has 0 bridgehead atoms. The molecule has 0 N–H and O–H groups in total. The second kappa shape index (κ2) is 7.75. The van der Waals surface area contributed by atoms with Gasteiger partial charge in [-0.3, -0.25) is 4.79 Å². The van der Waals surface area contributed by atoms with E-state index in [1.54, 1.807) is 23.3 Å². The molecule has 2 rings (SSSR count). The summed E-state index contributed by atoms with van der Waals surface area (Å²) in [6, 6.07) is 10.2. The van der Waals surface area contributed by atoms with Gasteiger partial charge in [-0.2, -0.15) is 5.26 Å². The number of para-hydroxylation sites is 1. The fourth-order valence-electron chi connectivity index (χ4n) is 2.11. The molecule has 5 heteroatoms. The van der Waals surface area contributed by atoms with Gasteiger partial charge in [0.15, 0.2) is 0 Å². The topological polar surface area (TPSA) is 57.0 Å². The number of unbranched alkanes of at least 4 members (excludes halogenated alkanes) is 1. The van der Waals surface area contributed by atoms with Crippen LogP contribution in [0.15, 0.2) is 24.3 Å². The van der Waals surface area contributed by atoms with E-state index >= 15 is 0 Å². The first-order valence-corrected chi connectivity index (χ1v) is 7.97. The summed E-state index contributed by atoms with van der Waals surface area (Å²) in [5.74, 6) is 0.120. The Labute approximate surface area is 129 Å². The van der Waals surface area contributed by atoms with Gasteiger partial charge in [0.25, 0.3) is 0 Å². The normalized spacial score (nSPS) is 10.5. The number of benzene rings is 1. The molecule has 1 aromatic heterocycles. The summed E-state index contributed by atoms with van der Waals surface area (Å²) in [7, 11) is 1.76. The lowest BCUT2D eigenvalue weighted by atomic mass is 10.2. The number of aryl methyl sites for hydroxylation is 1. The Balaban J connectivity index is 1.72. The average molecular weight is 301 g/mol. The molecule has 0 unspecified atom stereocenters. The third-order valence-corrected chi connectivity index (χ3v) is 4.45. The number of amides is 1. The molecule has 110 valence electrons. The van der Waals surface area contributed by atoms with Crippen LogP contribution in [0.25, 0.3) is 10.2 Å². The van der Waals surface area contributed by atoms with E-state index in [9.17, 15) is 4.79 Å². The van der Waals surface area contributed by atoms with Gasteiger partial charge in [-0.25, -0.2) is 4.98 Å². The summed E-state index contributed by atoms with van der Waals surface area (Å²) < 4.78 is 1.22. The molecule has 2 aromatic rings. The molecule has 0 saturated heterocycles. The van der Waals surface area contributed by atoms with Crippen LogP contribution in [-0.2, 0) is 11.2 Å². The lowest BCUT2D eigenvalue weighted by Gasteiger charge is -2.14. The highest BCUT2D eigenvalue weighted by Crippen LogP contribution is 2.22. The van der Waals surface area contributed by atoms with Crippen molar-refractivity contribution in [3.05, 3.63) is 29.3 Å². The molecule has 21 heavy (non-hydrogen) atoms. The Hall–Kier alpha value is -1.93. The lowest BCUT2D eigenvalue weighted by molar-refractivity contribution is -0.129. The highest BCUT2D eigenvalue weighted by molar-refractivity contribution is 7.18. The largest absolute Gasteiger partial charge is 0.345 e. The average Bonchev–Trinajstić information content (AvgIpc) is 2.91. The Morgan fingerprint density at radius 2 is 2.19 bits per heavy atom. The molecule has 1 heterocycles. The molecule has 0 saturated carbocycles. The SMILES string of the molecule is CN(CCC#N)C(=O)CCCCc1nc2ccccc2s1. The highest BCUT2D eigenvalue weighted by atomic mass is 32.1. The molecular weight excluding hydrogens is 282 g/mol. The fourth-order valence-corrected chi connectivity index (χ4v) is 3.12. The number of carbonyl (C=O) groups excluding carboxylic acids is 1. The number of nitriles is 1. The van der Waals surface area contributed by atoms with Crippen molar-refractivity contribution in [2.45, 2.75) is 32.1 Å². The first kappa shape index (κ1) is 15.5. The predicted molar refractivity (Wildman–Crippen MR) is 85.0 cm³/mol. The first-order chi connectivity index (χ1) is 10.2. The maximum absolute atomic E-state index is 11.8. The maximum atomic E-state index is 11.8. The molecule has 1 aromatic carbocycles. The zero-order valence-electron chi connectivity index (χ0n) is 12.2. The third kappa shape index (κ3) is 4.54. The Kier molecular flexibility index (Phi) is 5.70. The summed E-state index contributed by atoms with van der Waals surface area (Å²) in [4.78, 5) is 18.0. The number of thiazole rings is 1. The van der Waals surface area contributed by atoms with Crippen molar-refractivity contribution in [1.29, 1.82) is 5.26 Å². The summed E-state index contributed by atoms with van der Waals surface area (Å²) in [6.07, 6.45) is 3.71. The second-order valence-electron chi connectivity index (χ2n) is 5.01. The van der Waals surface area contributed by atoms with Crippen LogP contribution in [0.3, 0.4) is 0 Å². The van der Waals surface area contributed by atoms with Gasteiger partial charge < -0.3 is 4.90 Å². The van der Waals surface area contributed by atoms with Crippen LogP contribution >= 0.6 is 11.3 Å². The predicted octanol–water partition coefficient (Wildman–Crippen LogP) is 3.38. The van der Waals surface area contributed by atoms with Gasteiger partial charge in [-0.15, -0.1) is 11.3 Å². The minimum absolute atomic E-state index is 0.120. The summed E-state index contributed by atoms with van der Waals surface area (Å²) in [5.41, 5.74) is 1.06. The van der Waals surface area contributed by atoms with Crippen LogP contribution in [0.2, 0.25) is 0 Å². The maximum Gasteiger partial charge on any atom is 0.222 e. The Bertz CT molecular complexity index is 611. The van der Waals surface area contributed by atoms with E-state index in [0.29, 0.717) is 19.4 Å². The van der Waals surface area contributed by atoms with Crippen LogP contribution < -0.4 is 0 Å². The minimum atomic E-state index is 0.120. The van der Waals surface area contributed by atoms with Crippen molar-refractivity contribution in [2.24, 2.45) is 0 Å². The molecule has 0 radical (unpaired) electrons. The van der Waals surface area contributed by atoms with E-state index in [-0.39, 0.29) is 5.91 Å². The van der Waals surface area contributed by atoms with Crippen molar-refractivity contribution >= 4 is 27.5 Å². The van der Waals surface area contributed by atoms with Gasteiger partial charge in [0.1, 0.15) is 0 Å². The molecule has 0 aliphatic heterocycles. The standard InChI is InChI=1S/C16H19N3OS/c1-19(12-6-11-17)16(20)10-5-4-9-15-18-13-7-2-3-8-14(13)21-15/h2-3,7-8H,4-6,9-10,12H2,1H3. The number of hydrogen-bond acceptors (Lipinski definition) is 4. The van der Waals surface area contributed by atoms with Gasteiger partial charge in [-0.1, -0.05) is 12.1 Å². The number of fused-ring (bicyclic) bond motifs is 1. The quantitative estimate of drug-likeness (QED) is 0.737. The Morgan fingerprint density at radius 3 is 2.95 bits per heavy atom. The molecule has 4 nitrogen and oxygen atoms in total. The zero-order valence-corrected chi connectivity index (χ0v) is 13.0. The summed E-state index contributed by atoms with van der Waals surface area (Å²) in [5, 5.41) is 9.64. The second-order valence-corrected chi connectivity index (χ2v) is 6.12. The number of carbonyl (C=O) groups is 1. The molecule has 1 amide bonds. The molecule has 0 atom stereocenters. The van der Waals surface area contributed by atoms with E-state index in [4.69, 9.17) is 5.26 Å². The molecule has 0 aliphatic carbocycles. The van der Waals surface area contributed by atoms with Crippen LogP contribution in [0, 0.1) is 11.3 Å². The molecular formula is C16H19N3OS. The van der Waals surface area contributed by atoms with Gasteiger partial charge >= 0.3 is 0 Å². The van der Waals surface area contributed by atoms with E-state index in [2.05, 4.69) is 17.1 Å². The van der Waals surface area contributed by atoms with Gasteiger partial charge in [-0.05, 0) is 31.4 Å².